The summed E-state index contributed by atoms with van der Waals surface area (Å²) >= 11 is 0. The second-order valence-electron chi connectivity index (χ2n) is 7.24. The molecule has 0 saturated heterocycles. The third-order valence-corrected chi connectivity index (χ3v) is 5.79. The zero-order valence-corrected chi connectivity index (χ0v) is 13.9. The molecule has 0 aliphatic heterocycles. The monoisotopic (exact) mass is 300 g/mol. The number of nitrogens with one attached hydrogen (secondary N) is 1. The van der Waals surface area contributed by atoms with Crippen LogP contribution in [0.1, 0.15) is 55.6 Å². The first-order chi connectivity index (χ1) is 10.6. The highest BCUT2D eigenvalue weighted by Gasteiger charge is 2.36. The molecule has 3 nitrogen and oxygen atoms in total. The number of likely N-dealkylation sites (N-methyl/N-ethyl adjacent to an activating group) is 1. The Balaban J connectivity index is 1.55. The van der Waals surface area contributed by atoms with Crippen LogP contribution in [0.15, 0.2) is 24.3 Å². The van der Waals surface area contributed by atoms with E-state index in [9.17, 15) is 4.79 Å². The van der Waals surface area contributed by atoms with Crippen molar-refractivity contribution in [3.8, 4) is 0 Å². The summed E-state index contributed by atoms with van der Waals surface area (Å²) in [6.45, 7) is 0.799. The molecule has 0 aromatic heterocycles. The van der Waals surface area contributed by atoms with Gasteiger partial charge < -0.3 is 10.2 Å². The maximum atomic E-state index is 12.4. The third-order valence-electron chi connectivity index (χ3n) is 5.79. The van der Waals surface area contributed by atoms with Gasteiger partial charge in [-0.25, -0.2) is 0 Å². The lowest BCUT2D eigenvalue weighted by Gasteiger charge is -2.36. The van der Waals surface area contributed by atoms with Crippen LogP contribution in [0, 0.1) is 0 Å². The van der Waals surface area contributed by atoms with Crippen molar-refractivity contribution < 1.29 is 4.79 Å². The first-order valence-electron chi connectivity index (χ1n) is 8.63. The van der Waals surface area contributed by atoms with Gasteiger partial charge in [0, 0.05) is 18.5 Å². The highest BCUT2D eigenvalue weighted by Crippen LogP contribution is 2.36. The molecule has 1 saturated carbocycles. The SMILES string of the molecule is CN(C)C1(CNC(=O)C[C@@H]2CCc3ccccc32)CCCC1. The molecule has 3 heteroatoms. The van der Waals surface area contributed by atoms with Crippen molar-refractivity contribution in [1.82, 2.24) is 10.2 Å². The molecule has 1 fully saturated rings. The molecule has 0 spiro atoms. The van der Waals surface area contributed by atoms with Gasteiger partial charge in [0.2, 0.25) is 5.91 Å². The smallest absolute Gasteiger partial charge is 0.220 e. The van der Waals surface area contributed by atoms with Gasteiger partial charge in [-0.2, -0.15) is 0 Å². The first-order valence-corrected chi connectivity index (χ1v) is 8.63. The van der Waals surface area contributed by atoms with E-state index in [1.165, 1.54) is 36.8 Å². The first kappa shape index (κ1) is 15.5. The Bertz CT molecular complexity index is 532. The van der Waals surface area contributed by atoms with E-state index in [2.05, 4.69) is 48.6 Å². The van der Waals surface area contributed by atoms with E-state index in [1.807, 2.05) is 0 Å². The molecule has 2 aliphatic rings. The van der Waals surface area contributed by atoms with Crippen LogP contribution in [0.2, 0.25) is 0 Å². The zero-order chi connectivity index (χ0) is 15.6. The number of amides is 1. The third kappa shape index (κ3) is 3.05. The number of hydrogen-bond donors (Lipinski definition) is 1. The van der Waals surface area contributed by atoms with Crippen molar-refractivity contribution in [2.75, 3.05) is 20.6 Å². The number of fused-ring (bicyclic) bond motifs is 1. The van der Waals surface area contributed by atoms with Gasteiger partial charge in [-0.1, -0.05) is 37.1 Å². The van der Waals surface area contributed by atoms with Crippen molar-refractivity contribution in [1.29, 1.82) is 0 Å². The highest BCUT2D eigenvalue weighted by molar-refractivity contribution is 5.77. The van der Waals surface area contributed by atoms with E-state index < -0.39 is 0 Å². The van der Waals surface area contributed by atoms with Crippen LogP contribution >= 0.6 is 0 Å². The molecule has 1 N–H and O–H groups in total. The number of carbonyl (C=O) groups is 1. The normalized spacial score (nSPS) is 22.8. The maximum Gasteiger partial charge on any atom is 0.220 e. The molecule has 2 aliphatic carbocycles. The molecule has 120 valence electrons. The van der Waals surface area contributed by atoms with Crippen LogP contribution in [-0.4, -0.2) is 37.0 Å². The number of nitrogens with zero attached hydrogens (tertiary/aromatic N) is 1. The average Bonchev–Trinajstić information content (AvgIpc) is 3.14. The van der Waals surface area contributed by atoms with Crippen molar-refractivity contribution in [3.63, 3.8) is 0 Å². The fourth-order valence-corrected chi connectivity index (χ4v) is 4.23. The molecule has 1 amide bonds. The van der Waals surface area contributed by atoms with E-state index >= 15 is 0 Å². The fourth-order valence-electron chi connectivity index (χ4n) is 4.23. The molecule has 1 aromatic carbocycles. The standard InChI is InChI=1S/C19H28N2O/c1-21(2)19(11-5-6-12-19)14-20-18(22)13-16-10-9-15-7-3-4-8-17(15)16/h3-4,7-8,16H,5-6,9-14H2,1-2H3,(H,20,22)/t16-/m0/s1. The van der Waals surface area contributed by atoms with Gasteiger partial charge in [0.05, 0.1) is 0 Å². The number of aryl methyl sites for hydroxylation is 1. The summed E-state index contributed by atoms with van der Waals surface area (Å²) in [5, 5.41) is 3.22. The average molecular weight is 300 g/mol. The molecule has 22 heavy (non-hydrogen) atoms. The van der Waals surface area contributed by atoms with E-state index in [4.69, 9.17) is 0 Å². The molecular formula is C19H28N2O. The number of hydrogen-bond acceptors (Lipinski definition) is 2. The van der Waals surface area contributed by atoms with Gasteiger partial charge in [-0.3, -0.25) is 4.79 Å². The quantitative estimate of drug-likeness (QED) is 0.906. The summed E-state index contributed by atoms with van der Waals surface area (Å²) in [7, 11) is 4.29. The van der Waals surface area contributed by atoms with Crippen LogP contribution in [-0.2, 0) is 11.2 Å². The van der Waals surface area contributed by atoms with Gasteiger partial charge in [0.25, 0.3) is 0 Å². The summed E-state index contributed by atoms with van der Waals surface area (Å²) in [5.41, 5.74) is 3.00. The molecule has 0 radical (unpaired) electrons. The van der Waals surface area contributed by atoms with E-state index in [0.717, 1.165) is 19.4 Å². The molecule has 1 atom stereocenters. The zero-order valence-electron chi connectivity index (χ0n) is 13.9. The molecule has 0 bridgehead atoms. The largest absolute Gasteiger partial charge is 0.354 e. The minimum Gasteiger partial charge on any atom is -0.354 e. The number of rotatable bonds is 5. The molecule has 1 aromatic rings. The minimum atomic E-state index is 0.184. The maximum absolute atomic E-state index is 12.4. The van der Waals surface area contributed by atoms with Crippen molar-refractivity contribution in [3.05, 3.63) is 35.4 Å². The predicted octanol–water partition coefficient (Wildman–Crippen LogP) is 3.10. The molecular weight excluding hydrogens is 272 g/mol. The Kier molecular flexibility index (Phi) is 4.53. The minimum absolute atomic E-state index is 0.184. The fraction of sp³-hybridized carbons (Fsp3) is 0.632. The van der Waals surface area contributed by atoms with Crippen LogP contribution < -0.4 is 5.32 Å². The Morgan fingerprint density at radius 2 is 2.00 bits per heavy atom. The lowest BCUT2D eigenvalue weighted by Crippen LogP contribution is -2.50. The summed E-state index contributed by atoms with van der Waals surface area (Å²) in [6, 6.07) is 8.59. The van der Waals surface area contributed by atoms with E-state index in [0.29, 0.717) is 12.3 Å². The van der Waals surface area contributed by atoms with Gasteiger partial charge in [-0.05, 0) is 56.8 Å². The molecule has 3 rings (SSSR count). The second-order valence-corrected chi connectivity index (χ2v) is 7.24. The van der Waals surface area contributed by atoms with Crippen molar-refractivity contribution >= 4 is 5.91 Å². The Labute approximate surface area is 134 Å². The van der Waals surface area contributed by atoms with Gasteiger partial charge >= 0.3 is 0 Å². The summed E-state index contributed by atoms with van der Waals surface area (Å²) in [6.07, 6.45) is 7.84. The highest BCUT2D eigenvalue weighted by atomic mass is 16.1. The number of carbonyl (C=O) groups excluding carboxylic acids is 1. The van der Waals surface area contributed by atoms with E-state index in [-0.39, 0.29) is 11.4 Å². The Hall–Kier alpha value is -1.35. The van der Waals surface area contributed by atoms with Gasteiger partial charge in [0.1, 0.15) is 0 Å². The van der Waals surface area contributed by atoms with Crippen molar-refractivity contribution in [2.24, 2.45) is 0 Å². The lowest BCUT2D eigenvalue weighted by atomic mass is 9.94. The second kappa shape index (κ2) is 6.41. The Morgan fingerprint density at radius 1 is 1.27 bits per heavy atom. The number of benzene rings is 1. The summed E-state index contributed by atoms with van der Waals surface area (Å²) < 4.78 is 0. The lowest BCUT2D eigenvalue weighted by molar-refractivity contribution is -0.122. The van der Waals surface area contributed by atoms with E-state index in [1.54, 1.807) is 0 Å². The predicted molar refractivity (Wildman–Crippen MR) is 90.0 cm³/mol. The van der Waals surface area contributed by atoms with Gasteiger partial charge in [-0.15, -0.1) is 0 Å². The van der Waals surface area contributed by atoms with Crippen LogP contribution in [0.5, 0.6) is 0 Å². The summed E-state index contributed by atoms with van der Waals surface area (Å²) in [5.74, 6) is 0.630. The molecule has 0 heterocycles. The van der Waals surface area contributed by atoms with Gasteiger partial charge in [0.15, 0.2) is 0 Å². The van der Waals surface area contributed by atoms with Crippen LogP contribution in [0.3, 0.4) is 0 Å². The topological polar surface area (TPSA) is 32.3 Å². The molecule has 0 unspecified atom stereocenters. The van der Waals surface area contributed by atoms with Crippen LogP contribution in [0.4, 0.5) is 0 Å². The summed E-state index contributed by atoms with van der Waals surface area (Å²) in [4.78, 5) is 14.7. The van der Waals surface area contributed by atoms with Crippen LogP contribution in [0.25, 0.3) is 0 Å². The Morgan fingerprint density at radius 3 is 2.73 bits per heavy atom. The van der Waals surface area contributed by atoms with Crippen molar-refractivity contribution in [2.45, 2.75) is 56.4 Å².